The lowest BCUT2D eigenvalue weighted by molar-refractivity contribution is 0.0998. The maximum Gasteiger partial charge on any atom is 0.291 e. The molecule has 4 rings (SSSR count). The van der Waals surface area contributed by atoms with Crippen molar-refractivity contribution in [1.82, 2.24) is 4.31 Å². The number of sulfonamides is 1. The van der Waals surface area contributed by atoms with Crippen LogP contribution in [0.15, 0.2) is 57.8 Å². The number of fused-ring (bicyclic) bond motifs is 1. The van der Waals surface area contributed by atoms with Crippen molar-refractivity contribution >= 4 is 44.2 Å². The van der Waals surface area contributed by atoms with E-state index in [4.69, 9.17) is 16.0 Å². The first-order valence-electron chi connectivity index (χ1n) is 8.55. The van der Waals surface area contributed by atoms with E-state index in [1.807, 2.05) is 18.2 Å². The third-order valence-electron chi connectivity index (χ3n) is 4.52. The van der Waals surface area contributed by atoms with Gasteiger partial charge in [0.1, 0.15) is 10.5 Å². The third-order valence-corrected chi connectivity index (χ3v) is 6.90. The second kappa shape index (κ2) is 6.99. The van der Waals surface area contributed by atoms with Crippen LogP contribution >= 0.6 is 11.6 Å². The van der Waals surface area contributed by atoms with Crippen molar-refractivity contribution in [3.05, 3.63) is 59.3 Å². The molecule has 140 valence electrons. The summed E-state index contributed by atoms with van der Waals surface area (Å²) in [6, 6.07) is 13.4. The summed E-state index contributed by atoms with van der Waals surface area (Å²) in [6.45, 7) is 0.961. The van der Waals surface area contributed by atoms with Crippen molar-refractivity contribution < 1.29 is 17.6 Å². The van der Waals surface area contributed by atoms with Gasteiger partial charge in [0, 0.05) is 24.2 Å². The van der Waals surface area contributed by atoms with E-state index >= 15 is 0 Å². The molecule has 0 aliphatic carbocycles. The van der Waals surface area contributed by atoms with Gasteiger partial charge in [-0.05, 0) is 43.2 Å². The van der Waals surface area contributed by atoms with Crippen molar-refractivity contribution in [2.75, 3.05) is 18.4 Å². The maximum atomic E-state index is 12.8. The number of benzene rings is 2. The minimum absolute atomic E-state index is 0.00604. The number of rotatable bonds is 4. The number of hydrogen-bond acceptors (Lipinski definition) is 4. The van der Waals surface area contributed by atoms with Gasteiger partial charge in [0.05, 0.1) is 5.02 Å². The third kappa shape index (κ3) is 3.45. The molecular formula is C19H17ClN2O4S. The number of carbonyl (C=O) groups is 1. The summed E-state index contributed by atoms with van der Waals surface area (Å²) >= 11 is 6.13. The van der Waals surface area contributed by atoms with E-state index in [-0.39, 0.29) is 15.7 Å². The van der Waals surface area contributed by atoms with E-state index in [2.05, 4.69) is 5.32 Å². The highest BCUT2D eigenvalue weighted by Gasteiger charge is 2.29. The van der Waals surface area contributed by atoms with Gasteiger partial charge >= 0.3 is 0 Å². The molecule has 1 amide bonds. The van der Waals surface area contributed by atoms with E-state index in [0.717, 1.165) is 18.2 Å². The Kier molecular flexibility index (Phi) is 4.67. The highest BCUT2D eigenvalue weighted by atomic mass is 35.5. The first-order valence-corrected chi connectivity index (χ1v) is 10.4. The molecule has 1 fully saturated rings. The maximum absolute atomic E-state index is 12.8. The second-order valence-electron chi connectivity index (χ2n) is 6.36. The summed E-state index contributed by atoms with van der Waals surface area (Å²) in [7, 11) is -3.69. The van der Waals surface area contributed by atoms with Gasteiger partial charge in [-0.3, -0.25) is 4.79 Å². The van der Waals surface area contributed by atoms with Crippen LogP contribution < -0.4 is 5.32 Å². The molecule has 0 bridgehead atoms. The van der Waals surface area contributed by atoms with Crippen LogP contribution in [0, 0.1) is 0 Å². The number of anilines is 1. The van der Waals surface area contributed by atoms with Gasteiger partial charge in [0.2, 0.25) is 10.0 Å². The number of nitrogens with one attached hydrogen (secondary N) is 1. The molecule has 1 N–H and O–H groups in total. The van der Waals surface area contributed by atoms with Crippen LogP contribution in [0.25, 0.3) is 11.0 Å². The Morgan fingerprint density at radius 2 is 1.81 bits per heavy atom. The van der Waals surface area contributed by atoms with Crippen LogP contribution in [0.5, 0.6) is 0 Å². The first-order chi connectivity index (χ1) is 12.9. The minimum Gasteiger partial charge on any atom is -0.451 e. The number of hydrogen-bond donors (Lipinski definition) is 1. The standard InChI is InChI=1S/C19H17ClN2O4S/c20-15-8-7-14(12-18(15)27(24,25)22-9-3-4-10-22)21-19(23)17-11-13-5-1-2-6-16(13)26-17/h1-2,5-8,11-12H,3-4,9-10H2,(H,21,23). The Bertz CT molecular complexity index is 1080. The molecule has 27 heavy (non-hydrogen) atoms. The summed E-state index contributed by atoms with van der Waals surface area (Å²) < 4.78 is 32.5. The summed E-state index contributed by atoms with van der Waals surface area (Å²) in [5, 5.41) is 3.62. The smallest absolute Gasteiger partial charge is 0.291 e. The molecule has 1 aliphatic heterocycles. The van der Waals surface area contributed by atoms with Gasteiger partial charge in [-0.15, -0.1) is 0 Å². The van der Waals surface area contributed by atoms with Gasteiger partial charge < -0.3 is 9.73 Å². The lowest BCUT2D eigenvalue weighted by Gasteiger charge is -2.17. The predicted molar refractivity (Wildman–Crippen MR) is 104 cm³/mol. The zero-order valence-corrected chi connectivity index (χ0v) is 15.9. The molecule has 1 aliphatic rings. The Labute approximate surface area is 161 Å². The lowest BCUT2D eigenvalue weighted by Crippen LogP contribution is -2.28. The van der Waals surface area contributed by atoms with Crippen LogP contribution in [0.4, 0.5) is 5.69 Å². The number of para-hydroxylation sites is 1. The van der Waals surface area contributed by atoms with E-state index in [0.29, 0.717) is 24.4 Å². The number of carbonyl (C=O) groups excluding carboxylic acids is 1. The van der Waals surface area contributed by atoms with Gasteiger partial charge in [-0.2, -0.15) is 4.31 Å². The van der Waals surface area contributed by atoms with Crippen molar-refractivity contribution in [3.63, 3.8) is 0 Å². The monoisotopic (exact) mass is 404 g/mol. The molecule has 1 saturated heterocycles. The molecule has 0 unspecified atom stereocenters. The van der Waals surface area contributed by atoms with Gasteiger partial charge in [0.25, 0.3) is 5.91 Å². The molecule has 6 nitrogen and oxygen atoms in total. The minimum atomic E-state index is -3.69. The molecule has 8 heteroatoms. The molecule has 2 heterocycles. The topological polar surface area (TPSA) is 79.6 Å². The first kappa shape index (κ1) is 18.0. The highest BCUT2D eigenvalue weighted by molar-refractivity contribution is 7.89. The Balaban J connectivity index is 1.61. The summed E-state index contributed by atoms with van der Waals surface area (Å²) in [6.07, 6.45) is 1.67. The second-order valence-corrected chi connectivity index (χ2v) is 8.67. The van der Waals surface area contributed by atoms with E-state index in [1.54, 1.807) is 18.2 Å². The van der Waals surface area contributed by atoms with Gasteiger partial charge in [0.15, 0.2) is 5.76 Å². The van der Waals surface area contributed by atoms with E-state index in [1.165, 1.54) is 16.4 Å². The quantitative estimate of drug-likeness (QED) is 0.709. The van der Waals surface area contributed by atoms with Crippen LogP contribution in [-0.2, 0) is 10.0 Å². The average Bonchev–Trinajstić information content (AvgIpc) is 3.33. The predicted octanol–water partition coefficient (Wildman–Crippen LogP) is 4.12. The summed E-state index contributed by atoms with van der Waals surface area (Å²) in [5.41, 5.74) is 0.943. The fourth-order valence-electron chi connectivity index (χ4n) is 3.13. The normalized spacial score (nSPS) is 15.3. The van der Waals surface area contributed by atoms with Crippen molar-refractivity contribution in [2.24, 2.45) is 0 Å². The van der Waals surface area contributed by atoms with E-state index < -0.39 is 15.9 Å². The van der Waals surface area contributed by atoms with Crippen LogP contribution in [0.2, 0.25) is 5.02 Å². The Morgan fingerprint density at radius 1 is 1.07 bits per heavy atom. The molecule has 3 aromatic rings. The summed E-state index contributed by atoms with van der Waals surface area (Å²) in [5.74, 6) is -0.312. The summed E-state index contributed by atoms with van der Waals surface area (Å²) in [4.78, 5) is 12.5. The highest BCUT2D eigenvalue weighted by Crippen LogP contribution is 2.30. The SMILES string of the molecule is O=C(Nc1ccc(Cl)c(S(=O)(=O)N2CCCC2)c1)c1cc2ccccc2o1. The van der Waals surface area contributed by atoms with Crippen LogP contribution in [-0.4, -0.2) is 31.7 Å². The number of furan rings is 1. The van der Waals surface area contributed by atoms with Crippen molar-refractivity contribution in [3.8, 4) is 0 Å². The number of amides is 1. The number of nitrogens with zero attached hydrogens (tertiary/aromatic N) is 1. The van der Waals surface area contributed by atoms with Gasteiger partial charge in [-0.25, -0.2) is 8.42 Å². The fourth-order valence-corrected chi connectivity index (χ4v) is 5.15. The molecular weight excluding hydrogens is 388 g/mol. The molecule has 1 aromatic heterocycles. The lowest BCUT2D eigenvalue weighted by atomic mass is 10.2. The van der Waals surface area contributed by atoms with Crippen molar-refractivity contribution in [2.45, 2.75) is 17.7 Å². The van der Waals surface area contributed by atoms with Crippen LogP contribution in [0.3, 0.4) is 0 Å². The largest absolute Gasteiger partial charge is 0.451 e. The zero-order valence-electron chi connectivity index (χ0n) is 14.3. The zero-order chi connectivity index (χ0) is 19.0. The Morgan fingerprint density at radius 3 is 2.56 bits per heavy atom. The Hall–Kier alpha value is -2.35. The average molecular weight is 405 g/mol. The molecule has 0 radical (unpaired) electrons. The molecule has 0 spiro atoms. The van der Waals surface area contributed by atoms with Gasteiger partial charge in [-0.1, -0.05) is 29.8 Å². The van der Waals surface area contributed by atoms with Crippen molar-refractivity contribution in [1.29, 1.82) is 0 Å². The molecule has 0 saturated carbocycles. The number of halogens is 1. The molecule has 0 atom stereocenters. The molecule has 2 aromatic carbocycles. The fraction of sp³-hybridized carbons (Fsp3) is 0.211. The van der Waals surface area contributed by atoms with E-state index in [9.17, 15) is 13.2 Å². The van der Waals surface area contributed by atoms with Crippen LogP contribution in [0.1, 0.15) is 23.4 Å².